The van der Waals surface area contributed by atoms with Crippen molar-refractivity contribution in [1.29, 1.82) is 0 Å². The first-order valence-corrected chi connectivity index (χ1v) is 6.83. The SMILES string of the molecule is CCOC(=O)C(N)C(c1c(C)[nH]c2ccccc12)C(F)(F)F. The van der Waals surface area contributed by atoms with Crippen molar-refractivity contribution < 1.29 is 22.7 Å². The Hall–Kier alpha value is -2.02. The minimum absolute atomic E-state index is 0.0105. The number of ether oxygens (including phenoxy) is 1. The number of alkyl halides is 3. The number of aromatic amines is 1. The number of halogens is 3. The van der Waals surface area contributed by atoms with E-state index in [1.807, 2.05) is 0 Å². The maximum atomic E-state index is 13.5. The Kier molecular flexibility index (Phi) is 4.46. The van der Waals surface area contributed by atoms with Gasteiger partial charge in [-0.25, -0.2) is 0 Å². The summed E-state index contributed by atoms with van der Waals surface area (Å²) < 4.78 is 45.3. The minimum Gasteiger partial charge on any atom is -0.465 e. The molecule has 0 amide bonds. The Morgan fingerprint density at radius 3 is 2.59 bits per heavy atom. The Morgan fingerprint density at radius 2 is 2.00 bits per heavy atom. The van der Waals surface area contributed by atoms with Gasteiger partial charge in [0.1, 0.15) is 12.0 Å². The third-order valence-electron chi connectivity index (χ3n) is 3.52. The van der Waals surface area contributed by atoms with Gasteiger partial charge in [-0.2, -0.15) is 13.2 Å². The first-order valence-electron chi connectivity index (χ1n) is 6.83. The van der Waals surface area contributed by atoms with Gasteiger partial charge in [-0.1, -0.05) is 18.2 Å². The summed E-state index contributed by atoms with van der Waals surface area (Å²) in [7, 11) is 0. The third kappa shape index (κ3) is 2.94. The molecular weight excluding hydrogens is 297 g/mol. The highest BCUT2D eigenvalue weighted by molar-refractivity contribution is 5.87. The van der Waals surface area contributed by atoms with E-state index < -0.39 is 24.1 Å². The highest BCUT2D eigenvalue weighted by Crippen LogP contribution is 2.41. The second kappa shape index (κ2) is 6.00. The molecule has 0 bridgehead atoms. The molecule has 1 aromatic heterocycles. The molecule has 2 aromatic rings. The van der Waals surface area contributed by atoms with Gasteiger partial charge in [-0.15, -0.1) is 0 Å². The number of H-pyrrole nitrogens is 1. The largest absolute Gasteiger partial charge is 0.465 e. The second-order valence-electron chi connectivity index (χ2n) is 5.01. The van der Waals surface area contributed by atoms with E-state index in [1.54, 1.807) is 24.3 Å². The number of rotatable bonds is 4. The standard InChI is InChI=1S/C15H17F3N2O2/c1-3-22-14(21)13(19)12(15(16,17)18)11-8(2)20-10-7-5-4-6-9(10)11/h4-7,12-13,20H,3,19H2,1-2H3. The molecule has 7 heteroatoms. The van der Waals surface area contributed by atoms with Gasteiger partial charge in [0.15, 0.2) is 0 Å². The number of benzene rings is 1. The van der Waals surface area contributed by atoms with Crippen molar-refractivity contribution in [2.24, 2.45) is 5.73 Å². The molecule has 22 heavy (non-hydrogen) atoms. The lowest BCUT2D eigenvalue weighted by molar-refractivity contribution is -0.169. The summed E-state index contributed by atoms with van der Waals surface area (Å²) >= 11 is 0. The molecule has 0 spiro atoms. The van der Waals surface area contributed by atoms with Gasteiger partial charge in [0.2, 0.25) is 0 Å². The lowest BCUT2D eigenvalue weighted by atomic mass is 9.89. The van der Waals surface area contributed by atoms with Crippen LogP contribution in [0, 0.1) is 6.92 Å². The number of aromatic nitrogens is 1. The fraction of sp³-hybridized carbons (Fsp3) is 0.400. The first kappa shape index (κ1) is 16.4. The fourth-order valence-electron chi connectivity index (χ4n) is 2.62. The predicted molar refractivity (Wildman–Crippen MR) is 76.4 cm³/mol. The zero-order chi connectivity index (χ0) is 16.5. The van der Waals surface area contributed by atoms with Gasteiger partial charge in [-0.05, 0) is 25.5 Å². The monoisotopic (exact) mass is 314 g/mol. The summed E-state index contributed by atoms with van der Waals surface area (Å²) in [5, 5.41) is 0.405. The maximum Gasteiger partial charge on any atom is 0.397 e. The van der Waals surface area contributed by atoms with Crippen LogP contribution in [0.3, 0.4) is 0 Å². The molecule has 0 fully saturated rings. The summed E-state index contributed by atoms with van der Waals surface area (Å²) in [5.74, 6) is -3.18. The normalized spacial score (nSPS) is 14.8. The van der Waals surface area contributed by atoms with Crippen molar-refractivity contribution in [2.45, 2.75) is 32.0 Å². The summed E-state index contributed by atoms with van der Waals surface area (Å²) in [6.07, 6.45) is -4.66. The minimum atomic E-state index is -4.66. The molecule has 1 aromatic carbocycles. The van der Waals surface area contributed by atoms with Gasteiger partial charge >= 0.3 is 12.1 Å². The summed E-state index contributed by atoms with van der Waals surface area (Å²) in [5.41, 5.74) is 6.47. The molecule has 120 valence electrons. The molecule has 2 rings (SSSR count). The number of hydrogen-bond acceptors (Lipinski definition) is 3. The maximum absolute atomic E-state index is 13.5. The van der Waals surface area contributed by atoms with Crippen LogP contribution in [0.25, 0.3) is 10.9 Å². The molecule has 2 unspecified atom stereocenters. The van der Waals surface area contributed by atoms with E-state index in [2.05, 4.69) is 9.72 Å². The van der Waals surface area contributed by atoms with E-state index in [-0.39, 0.29) is 12.2 Å². The van der Waals surface area contributed by atoms with Gasteiger partial charge in [0.25, 0.3) is 0 Å². The molecule has 1 heterocycles. The summed E-state index contributed by atoms with van der Waals surface area (Å²) in [4.78, 5) is 14.6. The third-order valence-corrected chi connectivity index (χ3v) is 3.52. The molecule has 0 radical (unpaired) electrons. The number of carbonyl (C=O) groups excluding carboxylic acids is 1. The van der Waals surface area contributed by atoms with E-state index in [0.717, 1.165) is 0 Å². The number of esters is 1. The zero-order valence-electron chi connectivity index (χ0n) is 12.2. The van der Waals surface area contributed by atoms with Crippen LogP contribution in [-0.2, 0) is 9.53 Å². The van der Waals surface area contributed by atoms with Crippen LogP contribution in [-0.4, -0.2) is 29.8 Å². The molecule has 0 aliphatic carbocycles. The van der Waals surface area contributed by atoms with Crippen LogP contribution in [0.15, 0.2) is 24.3 Å². The summed E-state index contributed by atoms with van der Waals surface area (Å²) in [6.45, 7) is 3.03. The Balaban J connectivity index is 2.58. The quantitative estimate of drug-likeness (QED) is 0.852. The Morgan fingerprint density at radius 1 is 1.36 bits per heavy atom. The van der Waals surface area contributed by atoms with Crippen LogP contribution in [0.1, 0.15) is 24.1 Å². The summed E-state index contributed by atoms with van der Waals surface area (Å²) in [6, 6.07) is 4.80. The fourth-order valence-corrected chi connectivity index (χ4v) is 2.62. The predicted octanol–water partition coefficient (Wildman–Crippen LogP) is 3.01. The number of fused-ring (bicyclic) bond motifs is 1. The number of aryl methyl sites for hydroxylation is 1. The van der Waals surface area contributed by atoms with Crippen LogP contribution < -0.4 is 5.73 Å². The molecular formula is C15H17F3N2O2. The number of para-hydroxylation sites is 1. The average molecular weight is 314 g/mol. The molecule has 0 saturated carbocycles. The lowest BCUT2D eigenvalue weighted by Gasteiger charge is -2.25. The number of nitrogens with two attached hydrogens (primary N) is 1. The topological polar surface area (TPSA) is 68.1 Å². The van der Waals surface area contributed by atoms with Crippen molar-refractivity contribution in [3.8, 4) is 0 Å². The molecule has 0 aliphatic rings. The molecule has 2 atom stereocenters. The average Bonchev–Trinajstić information content (AvgIpc) is 2.74. The number of carbonyl (C=O) groups is 1. The second-order valence-corrected chi connectivity index (χ2v) is 5.01. The highest BCUT2D eigenvalue weighted by atomic mass is 19.4. The number of nitrogens with one attached hydrogen (secondary N) is 1. The van der Waals surface area contributed by atoms with Gasteiger partial charge in [-0.3, -0.25) is 4.79 Å². The van der Waals surface area contributed by atoms with Crippen LogP contribution in [0.4, 0.5) is 13.2 Å². The molecule has 4 nitrogen and oxygen atoms in total. The van der Waals surface area contributed by atoms with E-state index in [1.165, 1.54) is 13.8 Å². The van der Waals surface area contributed by atoms with Crippen molar-refractivity contribution >= 4 is 16.9 Å². The number of hydrogen-bond donors (Lipinski definition) is 2. The highest BCUT2D eigenvalue weighted by Gasteiger charge is 2.49. The van der Waals surface area contributed by atoms with Crippen LogP contribution in [0.2, 0.25) is 0 Å². The van der Waals surface area contributed by atoms with E-state index in [9.17, 15) is 18.0 Å². The zero-order valence-corrected chi connectivity index (χ0v) is 12.2. The first-order chi connectivity index (χ1) is 10.3. The van der Waals surface area contributed by atoms with Crippen molar-refractivity contribution in [3.63, 3.8) is 0 Å². The van der Waals surface area contributed by atoms with E-state index in [0.29, 0.717) is 16.6 Å². The molecule has 0 aliphatic heterocycles. The van der Waals surface area contributed by atoms with E-state index >= 15 is 0 Å². The molecule has 0 saturated heterocycles. The van der Waals surface area contributed by atoms with E-state index in [4.69, 9.17) is 5.73 Å². The van der Waals surface area contributed by atoms with Crippen molar-refractivity contribution in [3.05, 3.63) is 35.5 Å². The van der Waals surface area contributed by atoms with Gasteiger partial charge in [0.05, 0.1) is 6.61 Å². The molecule has 3 N–H and O–H groups in total. The van der Waals surface area contributed by atoms with Crippen LogP contribution >= 0.6 is 0 Å². The van der Waals surface area contributed by atoms with Crippen molar-refractivity contribution in [1.82, 2.24) is 4.98 Å². The smallest absolute Gasteiger partial charge is 0.397 e. The Bertz CT molecular complexity index is 679. The lowest BCUT2D eigenvalue weighted by Crippen LogP contribution is -2.44. The van der Waals surface area contributed by atoms with Gasteiger partial charge in [0, 0.05) is 16.6 Å². The van der Waals surface area contributed by atoms with Crippen molar-refractivity contribution in [2.75, 3.05) is 6.61 Å². The Labute approximate surface area is 125 Å². The van der Waals surface area contributed by atoms with Gasteiger partial charge < -0.3 is 15.5 Å². The van der Waals surface area contributed by atoms with Crippen LogP contribution in [0.5, 0.6) is 0 Å².